The molecule has 0 bridgehead atoms. The van der Waals surface area contributed by atoms with Crippen molar-refractivity contribution in [3.05, 3.63) is 89.5 Å². The van der Waals surface area contributed by atoms with E-state index in [9.17, 15) is 4.79 Å². The molecular weight excluding hydrogens is 490 g/mol. The lowest BCUT2D eigenvalue weighted by Crippen LogP contribution is -2.49. The molecule has 38 heavy (non-hydrogen) atoms. The van der Waals surface area contributed by atoms with Crippen molar-refractivity contribution in [1.29, 1.82) is 0 Å². The van der Waals surface area contributed by atoms with Crippen LogP contribution in [0.25, 0.3) is 0 Å². The van der Waals surface area contributed by atoms with Crippen LogP contribution in [-0.2, 0) is 4.74 Å². The highest BCUT2D eigenvalue weighted by Crippen LogP contribution is 2.52. The molecule has 0 N–H and O–H groups in total. The Kier molecular flexibility index (Phi) is 6.68. The van der Waals surface area contributed by atoms with Crippen LogP contribution in [-0.4, -0.2) is 53.7 Å². The molecule has 3 aliphatic rings. The summed E-state index contributed by atoms with van der Waals surface area (Å²) in [4.78, 5) is 24.1. The fourth-order valence-corrected chi connectivity index (χ4v) is 7.04. The first kappa shape index (κ1) is 25.1. The molecule has 6 heteroatoms. The maximum Gasteiger partial charge on any atom is 0.410 e. The first-order chi connectivity index (χ1) is 18.4. The molecule has 1 saturated heterocycles. The number of nitrogens with zero attached hydrogens (tertiary/aromatic N) is 3. The summed E-state index contributed by atoms with van der Waals surface area (Å²) in [6.07, 6.45) is 1.92. The van der Waals surface area contributed by atoms with Crippen LogP contribution in [0, 0.1) is 0 Å². The number of aliphatic imine (C=N–C) groups is 1. The highest BCUT2D eigenvalue weighted by atomic mass is 32.2. The van der Waals surface area contributed by atoms with Gasteiger partial charge in [-0.25, -0.2) is 9.79 Å². The standard InChI is InChI=1S/C32H35N3O2S/c1-32(2,3)37-31(36)34-17-15-27-26(21-34)25-19-24(20-28-30(25)35(27)16-10-18-38-28)33-29(22-11-6-4-7-12-22)23-13-8-5-9-14-23/h4-9,11-14,19-20,26-27H,10,15-18,21H2,1-3H3/t26-,27-/m0/s1. The van der Waals surface area contributed by atoms with Crippen molar-refractivity contribution >= 4 is 34.9 Å². The second-order valence-corrected chi connectivity index (χ2v) is 12.5. The molecule has 5 nitrogen and oxygen atoms in total. The number of carbonyl (C=O) groups excluding carboxylic acids is 1. The molecule has 196 valence electrons. The van der Waals surface area contributed by atoms with Gasteiger partial charge in [0.15, 0.2) is 0 Å². The molecule has 0 aromatic heterocycles. The van der Waals surface area contributed by atoms with Gasteiger partial charge >= 0.3 is 6.09 Å². The van der Waals surface area contributed by atoms with Crippen LogP contribution in [0.15, 0.2) is 82.7 Å². The van der Waals surface area contributed by atoms with E-state index >= 15 is 0 Å². The molecule has 1 fully saturated rings. The van der Waals surface area contributed by atoms with Gasteiger partial charge in [0.25, 0.3) is 0 Å². The van der Waals surface area contributed by atoms with Gasteiger partial charge in [0, 0.05) is 47.6 Å². The summed E-state index contributed by atoms with van der Waals surface area (Å²) in [6.45, 7) is 8.29. The third kappa shape index (κ3) is 4.94. The molecule has 3 aliphatic heterocycles. The fraction of sp³-hybridized carbons (Fsp3) is 0.375. The van der Waals surface area contributed by atoms with Crippen LogP contribution in [0.5, 0.6) is 0 Å². The number of thioether (sulfide) groups is 1. The number of benzene rings is 3. The van der Waals surface area contributed by atoms with Crippen LogP contribution < -0.4 is 4.90 Å². The Morgan fingerprint density at radius 3 is 2.32 bits per heavy atom. The van der Waals surface area contributed by atoms with E-state index in [4.69, 9.17) is 9.73 Å². The SMILES string of the molecule is CC(C)(C)OC(=O)N1CC[C@H]2[C@@H](C1)c1cc(N=C(c3ccccc3)c3ccccc3)cc3c1N2CCCS3. The number of carbonyl (C=O) groups is 1. The lowest BCUT2D eigenvalue weighted by Gasteiger charge is -2.39. The van der Waals surface area contributed by atoms with Gasteiger partial charge in [-0.15, -0.1) is 11.8 Å². The maximum atomic E-state index is 13.0. The second kappa shape index (κ2) is 10.1. The van der Waals surface area contributed by atoms with Crippen LogP contribution in [0.3, 0.4) is 0 Å². The minimum absolute atomic E-state index is 0.206. The lowest BCUT2D eigenvalue weighted by molar-refractivity contribution is 0.0189. The fourth-order valence-electron chi connectivity index (χ4n) is 5.97. The van der Waals surface area contributed by atoms with E-state index in [1.54, 1.807) is 0 Å². The number of likely N-dealkylation sites (tertiary alicyclic amines) is 1. The van der Waals surface area contributed by atoms with Crippen LogP contribution in [0.1, 0.15) is 56.2 Å². The monoisotopic (exact) mass is 525 g/mol. The second-order valence-electron chi connectivity index (χ2n) is 11.4. The van der Waals surface area contributed by atoms with E-state index in [0.29, 0.717) is 12.6 Å². The molecule has 0 unspecified atom stereocenters. The van der Waals surface area contributed by atoms with Crippen molar-refractivity contribution in [3.8, 4) is 0 Å². The Morgan fingerprint density at radius 1 is 0.974 bits per heavy atom. The van der Waals surface area contributed by atoms with Gasteiger partial charge < -0.3 is 14.5 Å². The molecule has 3 heterocycles. The molecule has 0 radical (unpaired) electrons. The van der Waals surface area contributed by atoms with Crippen molar-refractivity contribution in [2.24, 2.45) is 4.99 Å². The van der Waals surface area contributed by atoms with Crippen LogP contribution >= 0.6 is 11.8 Å². The minimum atomic E-state index is -0.495. The molecule has 3 aromatic rings. The smallest absolute Gasteiger partial charge is 0.410 e. The first-order valence-electron chi connectivity index (χ1n) is 13.6. The molecule has 2 atom stereocenters. The summed E-state index contributed by atoms with van der Waals surface area (Å²) in [5.41, 5.74) is 6.36. The van der Waals surface area contributed by atoms with Crippen molar-refractivity contribution in [2.45, 2.75) is 56.1 Å². The van der Waals surface area contributed by atoms with E-state index < -0.39 is 5.60 Å². The predicted octanol–water partition coefficient (Wildman–Crippen LogP) is 7.26. The normalized spacial score (nSPS) is 20.3. The highest BCUT2D eigenvalue weighted by molar-refractivity contribution is 7.99. The highest BCUT2D eigenvalue weighted by Gasteiger charge is 2.45. The molecule has 6 rings (SSSR count). The summed E-state index contributed by atoms with van der Waals surface area (Å²) in [5, 5.41) is 0. The average molecular weight is 526 g/mol. The number of anilines is 1. The third-order valence-electron chi connectivity index (χ3n) is 7.54. The summed E-state index contributed by atoms with van der Waals surface area (Å²) >= 11 is 1.94. The van der Waals surface area contributed by atoms with E-state index in [0.717, 1.165) is 54.2 Å². The topological polar surface area (TPSA) is 45.1 Å². The van der Waals surface area contributed by atoms with Crippen LogP contribution in [0.4, 0.5) is 16.2 Å². The number of amides is 1. The summed E-state index contributed by atoms with van der Waals surface area (Å²) in [5.74, 6) is 1.37. The zero-order valence-corrected chi connectivity index (χ0v) is 23.2. The Hall–Kier alpha value is -3.25. The molecular formula is C32H35N3O2S. The Morgan fingerprint density at radius 2 is 1.66 bits per heavy atom. The zero-order valence-electron chi connectivity index (χ0n) is 22.4. The first-order valence-corrected chi connectivity index (χ1v) is 14.6. The van der Waals surface area contributed by atoms with E-state index in [-0.39, 0.29) is 12.0 Å². The molecule has 0 saturated carbocycles. The number of ether oxygens (including phenoxy) is 1. The van der Waals surface area contributed by atoms with Gasteiger partial charge in [-0.3, -0.25) is 0 Å². The van der Waals surface area contributed by atoms with Gasteiger partial charge in [-0.1, -0.05) is 60.7 Å². The van der Waals surface area contributed by atoms with Crippen molar-refractivity contribution in [2.75, 3.05) is 30.3 Å². The van der Waals surface area contributed by atoms with Crippen LogP contribution in [0.2, 0.25) is 0 Å². The number of hydrogen-bond donors (Lipinski definition) is 0. The van der Waals surface area contributed by atoms with Gasteiger partial charge in [0.1, 0.15) is 5.60 Å². The number of rotatable bonds is 3. The largest absolute Gasteiger partial charge is 0.444 e. The summed E-state index contributed by atoms with van der Waals surface area (Å²) in [6, 6.07) is 25.8. The van der Waals surface area contributed by atoms with E-state index in [1.807, 2.05) is 49.6 Å². The van der Waals surface area contributed by atoms with E-state index in [2.05, 4.69) is 65.6 Å². The zero-order chi connectivity index (χ0) is 26.3. The molecule has 0 spiro atoms. The van der Waals surface area contributed by atoms with Crippen molar-refractivity contribution in [1.82, 2.24) is 4.90 Å². The Bertz CT molecular complexity index is 1310. The van der Waals surface area contributed by atoms with Gasteiger partial charge in [-0.2, -0.15) is 0 Å². The predicted molar refractivity (Wildman–Crippen MR) is 156 cm³/mol. The summed E-state index contributed by atoms with van der Waals surface area (Å²) in [7, 11) is 0. The van der Waals surface area contributed by atoms with E-state index in [1.165, 1.54) is 16.1 Å². The quantitative estimate of drug-likeness (QED) is 0.338. The van der Waals surface area contributed by atoms with Crippen molar-refractivity contribution < 1.29 is 9.53 Å². The average Bonchev–Trinajstić information content (AvgIpc) is 3.06. The Balaban J connectivity index is 1.42. The number of hydrogen-bond acceptors (Lipinski definition) is 5. The van der Waals surface area contributed by atoms with Gasteiger partial charge in [-0.05, 0) is 57.1 Å². The lowest BCUT2D eigenvalue weighted by atomic mass is 9.89. The summed E-state index contributed by atoms with van der Waals surface area (Å²) < 4.78 is 5.74. The number of fused-ring (bicyclic) bond motifs is 3. The van der Waals surface area contributed by atoms with Gasteiger partial charge in [0.2, 0.25) is 0 Å². The number of piperidine rings is 1. The van der Waals surface area contributed by atoms with Crippen molar-refractivity contribution in [3.63, 3.8) is 0 Å². The maximum absolute atomic E-state index is 13.0. The third-order valence-corrected chi connectivity index (χ3v) is 8.66. The minimum Gasteiger partial charge on any atom is -0.444 e. The molecule has 0 aliphatic carbocycles. The Labute approximate surface area is 229 Å². The molecule has 3 aromatic carbocycles. The van der Waals surface area contributed by atoms with Gasteiger partial charge in [0.05, 0.1) is 17.1 Å². The molecule has 1 amide bonds.